The maximum absolute atomic E-state index is 8.86. The fourth-order valence-corrected chi connectivity index (χ4v) is 1.78. The van der Waals surface area contributed by atoms with Crippen LogP contribution < -0.4 is 4.90 Å². The van der Waals surface area contributed by atoms with Crippen molar-refractivity contribution in [3.8, 4) is 0 Å². The lowest BCUT2D eigenvalue weighted by Gasteiger charge is -2.20. The molecule has 0 aliphatic carbocycles. The molecule has 90 valence electrons. The average Bonchev–Trinajstić information content (AvgIpc) is 2.39. The summed E-state index contributed by atoms with van der Waals surface area (Å²) in [5.41, 5.74) is 0.958. The highest BCUT2D eigenvalue weighted by Gasteiger charge is 2.07. The van der Waals surface area contributed by atoms with Gasteiger partial charge < -0.3 is 10.0 Å². The SMILES string of the molecule is CCN(CCCO)c1ncc2ccccc2n1. The molecule has 1 aromatic carbocycles. The first-order valence-electron chi connectivity index (χ1n) is 5.92. The molecule has 0 unspecified atom stereocenters. The van der Waals surface area contributed by atoms with Crippen molar-refractivity contribution in [3.63, 3.8) is 0 Å². The Kier molecular flexibility index (Phi) is 3.88. The Bertz CT molecular complexity index is 487. The Hall–Kier alpha value is -1.68. The third kappa shape index (κ3) is 2.71. The van der Waals surface area contributed by atoms with Gasteiger partial charge in [0.15, 0.2) is 0 Å². The van der Waals surface area contributed by atoms with Crippen LogP contribution in [0.1, 0.15) is 13.3 Å². The number of aromatic nitrogens is 2. The molecule has 0 saturated carbocycles. The van der Waals surface area contributed by atoms with Crippen molar-refractivity contribution in [1.29, 1.82) is 0 Å². The van der Waals surface area contributed by atoms with Gasteiger partial charge in [-0.15, -0.1) is 0 Å². The van der Waals surface area contributed by atoms with Crippen LogP contribution in [0.5, 0.6) is 0 Å². The van der Waals surface area contributed by atoms with Crippen LogP contribution in [0.4, 0.5) is 5.95 Å². The normalized spacial score (nSPS) is 10.7. The van der Waals surface area contributed by atoms with E-state index in [-0.39, 0.29) is 6.61 Å². The van der Waals surface area contributed by atoms with Gasteiger partial charge >= 0.3 is 0 Å². The van der Waals surface area contributed by atoms with E-state index in [1.54, 1.807) is 0 Å². The van der Waals surface area contributed by atoms with Crippen LogP contribution in [0.3, 0.4) is 0 Å². The summed E-state index contributed by atoms with van der Waals surface area (Å²) >= 11 is 0. The smallest absolute Gasteiger partial charge is 0.225 e. The van der Waals surface area contributed by atoms with Crippen molar-refractivity contribution in [2.75, 3.05) is 24.6 Å². The van der Waals surface area contributed by atoms with Gasteiger partial charge in [0, 0.05) is 31.3 Å². The van der Waals surface area contributed by atoms with Crippen molar-refractivity contribution >= 4 is 16.9 Å². The molecule has 0 aliphatic heterocycles. The maximum Gasteiger partial charge on any atom is 0.225 e. The number of fused-ring (bicyclic) bond motifs is 1. The van der Waals surface area contributed by atoms with E-state index in [0.717, 1.165) is 36.4 Å². The summed E-state index contributed by atoms with van der Waals surface area (Å²) in [4.78, 5) is 11.0. The minimum atomic E-state index is 0.198. The third-order valence-corrected chi connectivity index (χ3v) is 2.73. The zero-order valence-electron chi connectivity index (χ0n) is 10.0. The van der Waals surface area contributed by atoms with Gasteiger partial charge in [-0.05, 0) is 19.4 Å². The molecule has 1 heterocycles. The Labute approximate surface area is 101 Å². The summed E-state index contributed by atoms with van der Waals surface area (Å²) in [5.74, 6) is 0.736. The summed E-state index contributed by atoms with van der Waals surface area (Å²) < 4.78 is 0. The summed E-state index contributed by atoms with van der Waals surface area (Å²) in [5, 5.41) is 9.91. The molecule has 0 amide bonds. The molecule has 0 radical (unpaired) electrons. The van der Waals surface area contributed by atoms with E-state index in [4.69, 9.17) is 5.11 Å². The number of aliphatic hydroxyl groups is 1. The number of hydrogen-bond acceptors (Lipinski definition) is 4. The van der Waals surface area contributed by atoms with Crippen molar-refractivity contribution in [1.82, 2.24) is 9.97 Å². The topological polar surface area (TPSA) is 49.2 Å². The molecule has 0 fully saturated rings. The van der Waals surface area contributed by atoms with Crippen LogP contribution in [0.15, 0.2) is 30.5 Å². The molecule has 4 nitrogen and oxygen atoms in total. The molecule has 0 bridgehead atoms. The number of aliphatic hydroxyl groups excluding tert-OH is 1. The van der Waals surface area contributed by atoms with Gasteiger partial charge in [-0.25, -0.2) is 9.97 Å². The zero-order chi connectivity index (χ0) is 12.1. The van der Waals surface area contributed by atoms with Gasteiger partial charge in [0.25, 0.3) is 0 Å². The van der Waals surface area contributed by atoms with Crippen molar-refractivity contribution in [2.24, 2.45) is 0 Å². The van der Waals surface area contributed by atoms with Crippen LogP contribution in [0.2, 0.25) is 0 Å². The van der Waals surface area contributed by atoms with Gasteiger partial charge in [-0.2, -0.15) is 0 Å². The van der Waals surface area contributed by atoms with Crippen molar-refractivity contribution in [2.45, 2.75) is 13.3 Å². The molecule has 1 aromatic heterocycles. The molecule has 0 aliphatic rings. The van der Waals surface area contributed by atoms with Crippen LogP contribution in [0.25, 0.3) is 10.9 Å². The van der Waals surface area contributed by atoms with Gasteiger partial charge in [0.2, 0.25) is 5.95 Å². The van der Waals surface area contributed by atoms with Gasteiger partial charge in [0.1, 0.15) is 0 Å². The van der Waals surface area contributed by atoms with Crippen LogP contribution in [-0.2, 0) is 0 Å². The molecule has 1 N–H and O–H groups in total. The minimum Gasteiger partial charge on any atom is -0.396 e. The van der Waals surface area contributed by atoms with Crippen molar-refractivity contribution < 1.29 is 5.11 Å². The Morgan fingerprint density at radius 1 is 1.29 bits per heavy atom. The van der Waals surface area contributed by atoms with E-state index in [1.807, 2.05) is 30.5 Å². The number of rotatable bonds is 5. The lowest BCUT2D eigenvalue weighted by atomic mass is 10.2. The first-order valence-corrected chi connectivity index (χ1v) is 5.92. The van der Waals surface area contributed by atoms with Crippen LogP contribution >= 0.6 is 0 Å². The second-order valence-corrected chi connectivity index (χ2v) is 3.89. The highest BCUT2D eigenvalue weighted by Crippen LogP contribution is 2.14. The second-order valence-electron chi connectivity index (χ2n) is 3.89. The van der Waals surface area contributed by atoms with E-state index < -0.39 is 0 Å². The fraction of sp³-hybridized carbons (Fsp3) is 0.385. The van der Waals surface area contributed by atoms with Crippen molar-refractivity contribution in [3.05, 3.63) is 30.5 Å². The molecule has 0 spiro atoms. The molecular weight excluding hydrogens is 214 g/mol. The summed E-state index contributed by atoms with van der Waals surface area (Å²) in [7, 11) is 0. The average molecular weight is 231 g/mol. The Balaban J connectivity index is 2.27. The quantitative estimate of drug-likeness (QED) is 0.853. The van der Waals surface area contributed by atoms with Gasteiger partial charge in [-0.1, -0.05) is 18.2 Å². The van der Waals surface area contributed by atoms with E-state index in [1.165, 1.54) is 0 Å². The summed E-state index contributed by atoms with van der Waals surface area (Å²) in [6, 6.07) is 7.95. The first kappa shape index (κ1) is 11.8. The second kappa shape index (κ2) is 5.59. The number of benzene rings is 1. The molecule has 2 aromatic rings. The predicted molar refractivity (Wildman–Crippen MR) is 69.1 cm³/mol. The number of para-hydroxylation sites is 1. The highest BCUT2D eigenvalue weighted by molar-refractivity contribution is 5.78. The third-order valence-electron chi connectivity index (χ3n) is 2.73. The molecule has 0 saturated heterocycles. The number of hydrogen-bond donors (Lipinski definition) is 1. The standard InChI is InChI=1S/C13H17N3O/c1-2-16(8-5-9-17)13-14-10-11-6-3-4-7-12(11)15-13/h3-4,6-7,10,17H,2,5,8-9H2,1H3. The number of anilines is 1. The molecule has 0 atom stereocenters. The fourth-order valence-electron chi connectivity index (χ4n) is 1.78. The zero-order valence-corrected chi connectivity index (χ0v) is 10.0. The molecule has 2 rings (SSSR count). The highest BCUT2D eigenvalue weighted by atomic mass is 16.3. The summed E-state index contributed by atoms with van der Waals surface area (Å²) in [6.45, 7) is 3.89. The predicted octanol–water partition coefficient (Wildman–Crippen LogP) is 1.84. The van der Waals surface area contributed by atoms with E-state index in [9.17, 15) is 0 Å². The van der Waals surface area contributed by atoms with E-state index in [2.05, 4.69) is 21.8 Å². The first-order chi connectivity index (χ1) is 8.35. The molecule has 4 heteroatoms. The van der Waals surface area contributed by atoms with Crippen LogP contribution in [-0.4, -0.2) is 34.8 Å². The summed E-state index contributed by atoms with van der Waals surface area (Å²) in [6.07, 6.45) is 2.59. The van der Waals surface area contributed by atoms with Gasteiger partial charge in [0.05, 0.1) is 5.52 Å². The van der Waals surface area contributed by atoms with Gasteiger partial charge in [-0.3, -0.25) is 0 Å². The number of nitrogens with zero attached hydrogens (tertiary/aromatic N) is 3. The van der Waals surface area contributed by atoms with Crippen LogP contribution in [0, 0.1) is 0 Å². The lowest BCUT2D eigenvalue weighted by Crippen LogP contribution is -2.26. The molecule has 17 heavy (non-hydrogen) atoms. The lowest BCUT2D eigenvalue weighted by molar-refractivity contribution is 0.289. The monoisotopic (exact) mass is 231 g/mol. The largest absolute Gasteiger partial charge is 0.396 e. The van der Waals surface area contributed by atoms with E-state index >= 15 is 0 Å². The maximum atomic E-state index is 8.86. The molecular formula is C13H17N3O. The minimum absolute atomic E-state index is 0.198. The van der Waals surface area contributed by atoms with E-state index in [0.29, 0.717) is 0 Å². The Morgan fingerprint density at radius 3 is 2.88 bits per heavy atom. The Morgan fingerprint density at radius 2 is 2.12 bits per heavy atom.